The summed E-state index contributed by atoms with van der Waals surface area (Å²) < 4.78 is 5.13. The largest absolute Gasteiger partial charge is 0.369 e. The molecule has 1 N–H and O–H groups in total. The number of carbonyl (C=O) groups excluding carboxylic acids is 1. The molecule has 0 atom stereocenters. The van der Waals surface area contributed by atoms with Gasteiger partial charge in [-0.25, -0.2) is 0 Å². The highest BCUT2D eigenvalue weighted by Gasteiger charge is 2.17. The van der Waals surface area contributed by atoms with Crippen LogP contribution in [0.2, 0.25) is 0 Å². The molecule has 0 bridgehead atoms. The lowest BCUT2D eigenvalue weighted by Gasteiger charge is -2.35. The fourth-order valence-corrected chi connectivity index (χ4v) is 3.42. The maximum atomic E-state index is 12.4. The van der Waals surface area contributed by atoms with Gasteiger partial charge in [-0.05, 0) is 51.1 Å². The Labute approximate surface area is 155 Å². The predicted molar refractivity (Wildman–Crippen MR) is 104 cm³/mol. The lowest BCUT2D eigenvalue weighted by atomic mass is 10.1. The van der Waals surface area contributed by atoms with Gasteiger partial charge in [0, 0.05) is 43.1 Å². The third-order valence-electron chi connectivity index (χ3n) is 5.19. The van der Waals surface area contributed by atoms with Gasteiger partial charge in [-0.1, -0.05) is 12.1 Å². The highest BCUT2D eigenvalue weighted by molar-refractivity contribution is 5.93. The van der Waals surface area contributed by atoms with Crippen molar-refractivity contribution >= 4 is 17.3 Å². The first kappa shape index (κ1) is 18.5. The van der Waals surface area contributed by atoms with Gasteiger partial charge in [0.2, 0.25) is 5.91 Å². The third kappa shape index (κ3) is 4.07. The average Bonchev–Trinajstić information content (AvgIpc) is 2.95. The normalized spacial score (nSPS) is 15.3. The summed E-state index contributed by atoms with van der Waals surface area (Å²) in [7, 11) is 0. The van der Waals surface area contributed by atoms with Crippen LogP contribution in [0.3, 0.4) is 0 Å². The summed E-state index contributed by atoms with van der Waals surface area (Å²) in [6.45, 7) is 13.4. The van der Waals surface area contributed by atoms with E-state index in [1.807, 2.05) is 26.8 Å². The van der Waals surface area contributed by atoms with Crippen molar-refractivity contribution in [3.05, 3.63) is 40.8 Å². The molecule has 2 heterocycles. The van der Waals surface area contributed by atoms with Crippen molar-refractivity contribution in [3.63, 3.8) is 0 Å². The maximum Gasteiger partial charge on any atom is 0.229 e. The van der Waals surface area contributed by atoms with Crippen molar-refractivity contribution in [1.29, 1.82) is 0 Å². The van der Waals surface area contributed by atoms with Gasteiger partial charge in [0.15, 0.2) is 0 Å². The maximum absolute atomic E-state index is 12.4. The highest BCUT2D eigenvalue weighted by Crippen LogP contribution is 2.24. The Kier molecular flexibility index (Phi) is 5.61. The zero-order valence-corrected chi connectivity index (χ0v) is 16.1. The SMILES string of the molecule is CCN1CCN(c2ccc(NC(=O)Cc3c(C)noc3C)c(C)c2)CC1. The molecule has 1 aromatic carbocycles. The van der Waals surface area contributed by atoms with Crippen LogP contribution in [0.1, 0.15) is 29.5 Å². The molecule has 2 aromatic rings. The molecule has 0 spiro atoms. The summed E-state index contributed by atoms with van der Waals surface area (Å²) in [5.41, 5.74) is 4.80. The average molecular weight is 356 g/mol. The molecule has 6 nitrogen and oxygen atoms in total. The number of hydrogen-bond donors (Lipinski definition) is 1. The van der Waals surface area contributed by atoms with Crippen LogP contribution in [0.4, 0.5) is 11.4 Å². The van der Waals surface area contributed by atoms with Crippen LogP contribution in [0.15, 0.2) is 22.7 Å². The Morgan fingerprint density at radius 2 is 1.92 bits per heavy atom. The third-order valence-corrected chi connectivity index (χ3v) is 5.19. The summed E-state index contributed by atoms with van der Waals surface area (Å²) in [6, 6.07) is 6.26. The molecule has 0 aliphatic carbocycles. The van der Waals surface area contributed by atoms with Gasteiger partial charge in [-0.3, -0.25) is 4.79 Å². The molecule has 0 radical (unpaired) electrons. The van der Waals surface area contributed by atoms with E-state index in [1.165, 1.54) is 5.69 Å². The molecule has 1 aliphatic heterocycles. The molecule has 140 valence electrons. The van der Waals surface area contributed by atoms with Crippen molar-refractivity contribution < 1.29 is 9.32 Å². The van der Waals surface area contributed by atoms with Crippen LogP contribution in [-0.2, 0) is 11.2 Å². The van der Waals surface area contributed by atoms with Crippen molar-refractivity contribution in [2.24, 2.45) is 0 Å². The van der Waals surface area contributed by atoms with Crippen molar-refractivity contribution in [3.8, 4) is 0 Å². The Hall–Kier alpha value is -2.34. The smallest absolute Gasteiger partial charge is 0.229 e. The molecular weight excluding hydrogens is 328 g/mol. The predicted octanol–water partition coefficient (Wildman–Crippen LogP) is 2.92. The van der Waals surface area contributed by atoms with Gasteiger partial charge < -0.3 is 19.6 Å². The Bertz CT molecular complexity index is 757. The number of amides is 1. The minimum Gasteiger partial charge on any atom is -0.369 e. The monoisotopic (exact) mass is 356 g/mol. The number of aryl methyl sites for hydroxylation is 3. The van der Waals surface area contributed by atoms with Gasteiger partial charge in [0.05, 0.1) is 12.1 Å². The van der Waals surface area contributed by atoms with Gasteiger partial charge in [0.1, 0.15) is 5.76 Å². The lowest BCUT2D eigenvalue weighted by Crippen LogP contribution is -2.46. The summed E-state index contributed by atoms with van der Waals surface area (Å²) >= 11 is 0. The van der Waals surface area contributed by atoms with E-state index in [4.69, 9.17) is 4.52 Å². The van der Waals surface area contributed by atoms with E-state index < -0.39 is 0 Å². The summed E-state index contributed by atoms with van der Waals surface area (Å²) in [5.74, 6) is 0.655. The Balaban J connectivity index is 1.63. The molecule has 0 unspecified atom stereocenters. The van der Waals surface area contributed by atoms with E-state index in [0.717, 1.165) is 55.2 Å². The Morgan fingerprint density at radius 1 is 1.19 bits per heavy atom. The number of nitrogens with one attached hydrogen (secondary N) is 1. The molecule has 1 saturated heterocycles. The number of anilines is 2. The second-order valence-corrected chi connectivity index (χ2v) is 6.95. The van der Waals surface area contributed by atoms with Crippen molar-refractivity contribution in [1.82, 2.24) is 10.1 Å². The van der Waals surface area contributed by atoms with Crippen LogP contribution in [0.25, 0.3) is 0 Å². The molecular formula is C20H28N4O2. The molecule has 1 aromatic heterocycles. The van der Waals surface area contributed by atoms with E-state index in [1.54, 1.807) is 0 Å². The van der Waals surface area contributed by atoms with Crippen LogP contribution in [-0.4, -0.2) is 48.7 Å². The summed E-state index contributed by atoms with van der Waals surface area (Å²) in [6.07, 6.45) is 0.279. The summed E-state index contributed by atoms with van der Waals surface area (Å²) in [5, 5.41) is 6.92. The van der Waals surface area contributed by atoms with Gasteiger partial charge >= 0.3 is 0 Å². The first-order chi connectivity index (χ1) is 12.5. The van der Waals surface area contributed by atoms with Crippen LogP contribution in [0.5, 0.6) is 0 Å². The standard InChI is InChI=1S/C20H28N4O2/c1-5-23-8-10-24(11-9-23)17-6-7-19(14(2)12-17)21-20(25)13-18-15(3)22-26-16(18)4/h6-7,12H,5,8-11,13H2,1-4H3,(H,21,25). The summed E-state index contributed by atoms with van der Waals surface area (Å²) in [4.78, 5) is 17.3. The van der Waals surface area contributed by atoms with Crippen LogP contribution in [0, 0.1) is 20.8 Å². The zero-order chi connectivity index (χ0) is 18.7. The van der Waals surface area contributed by atoms with Crippen molar-refractivity contribution in [2.45, 2.75) is 34.1 Å². The van der Waals surface area contributed by atoms with E-state index in [-0.39, 0.29) is 12.3 Å². The highest BCUT2D eigenvalue weighted by atomic mass is 16.5. The van der Waals surface area contributed by atoms with Crippen LogP contribution >= 0.6 is 0 Å². The van der Waals surface area contributed by atoms with E-state index in [0.29, 0.717) is 5.76 Å². The number of likely N-dealkylation sites (N-methyl/N-ethyl adjacent to an activating group) is 1. The number of aromatic nitrogens is 1. The molecule has 1 fully saturated rings. The van der Waals surface area contributed by atoms with Gasteiger partial charge in [0.25, 0.3) is 0 Å². The number of piperazine rings is 1. The molecule has 1 aliphatic rings. The second-order valence-electron chi connectivity index (χ2n) is 6.95. The minimum atomic E-state index is -0.0492. The number of nitrogens with zero attached hydrogens (tertiary/aromatic N) is 3. The van der Waals surface area contributed by atoms with Gasteiger partial charge in [-0.2, -0.15) is 0 Å². The second kappa shape index (κ2) is 7.91. The Morgan fingerprint density at radius 3 is 2.50 bits per heavy atom. The lowest BCUT2D eigenvalue weighted by molar-refractivity contribution is -0.115. The first-order valence-electron chi connectivity index (χ1n) is 9.27. The van der Waals surface area contributed by atoms with E-state index in [9.17, 15) is 4.79 Å². The topological polar surface area (TPSA) is 61.6 Å². The fourth-order valence-electron chi connectivity index (χ4n) is 3.42. The first-order valence-corrected chi connectivity index (χ1v) is 9.27. The minimum absolute atomic E-state index is 0.0492. The molecule has 3 rings (SSSR count). The number of carbonyl (C=O) groups is 1. The molecule has 6 heteroatoms. The fraction of sp³-hybridized carbons (Fsp3) is 0.500. The van der Waals surface area contributed by atoms with Gasteiger partial charge in [-0.15, -0.1) is 0 Å². The molecule has 0 saturated carbocycles. The van der Waals surface area contributed by atoms with Crippen molar-refractivity contribution in [2.75, 3.05) is 42.9 Å². The zero-order valence-electron chi connectivity index (χ0n) is 16.1. The van der Waals surface area contributed by atoms with E-state index >= 15 is 0 Å². The molecule has 1 amide bonds. The molecule has 26 heavy (non-hydrogen) atoms. The van der Waals surface area contributed by atoms with Crippen LogP contribution < -0.4 is 10.2 Å². The number of benzene rings is 1. The quantitative estimate of drug-likeness (QED) is 0.892. The number of rotatable bonds is 5. The van der Waals surface area contributed by atoms with E-state index in [2.05, 4.69) is 39.3 Å². The number of hydrogen-bond acceptors (Lipinski definition) is 5.